The van der Waals surface area contributed by atoms with Gasteiger partial charge < -0.3 is 14.8 Å². The summed E-state index contributed by atoms with van der Waals surface area (Å²) in [6.07, 6.45) is 0.0924. The molecule has 5 nitrogen and oxygen atoms in total. The fourth-order valence-electron chi connectivity index (χ4n) is 2.99. The van der Waals surface area contributed by atoms with Crippen LogP contribution in [0, 0.1) is 0 Å². The van der Waals surface area contributed by atoms with Crippen molar-refractivity contribution in [3.8, 4) is 11.6 Å². The van der Waals surface area contributed by atoms with E-state index in [1.54, 1.807) is 12.3 Å². The second kappa shape index (κ2) is 8.28. The highest BCUT2D eigenvalue weighted by atomic mass is 19.4. The van der Waals surface area contributed by atoms with E-state index in [2.05, 4.69) is 15.0 Å². The Kier molecular flexibility index (Phi) is 5.83. The minimum absolute atomic E-state index is 0.00665. The summed E-state index contributed by atoms with van der Waals surface area (Å²) in [5.74, 6) is -0.0833. The number of ether oxygens (including phenoxy) is 2. The molecular weight excluding hydrogens is 361 g/mol. The van der Waals surface area contributed by atoms with Gasteiger partial charge >= 0.3 is 6.36 Å². The topological polar surface area (TPSA) is 60.5 Å². The van der Waals surface area contributed by atoms with Gasteiger partial charge in [-0.25, -0.2) is 4.98 Å². The summed E-state index contributed by atoms with van der Waals surface area (Å²) in [6, 6.07) is 10.4. The maximum atomic E-state index is 12.3. The summed E-state index contributed by atoms with van der Waals surface area (Å²) in [5, 5.41) is 2.91. The molecule has 3 rings (SSSR count). The molecule has 0 aliphatic heterocycles. The SMILES string of the molecule is O=C(NC1CCC(Oc2ccccn2)CC1)c1ccc(OC(F)(F)F)cc1. The number of nitrogens with zero attached hydrogens (tertiary/aromatic N) is 1. The van der Waals surface area contributed by atoms with Crippen molar-refractivity contribution in [2.75, 3.05) is 0 Å². The Labute approximate surface area is 154 Å². The van der Waals surface area contributed by atoms with Gasteiger partial charge in [0.1, 0.15) is 11.9 Å². The Hall–Kier alpha value is -2.77. The maximum absolute atomic E-state index is 12.3. The van der Waals surface area contributed by atoms with Gasteiger partial charge in [-0.1, -0.05) is 6.07 Å². The molecule has 0 saturated heterocycles. The number of nitrogens with one attached hydrogen (secondary N) is 1. The summed E-state index contributed by atoms with van der Waals surface area (Å²) in [6.45, 7) is 0. The third-order valence-corrected chi connectivity index (χ3v) is 4.28. The second-order valence-electron chi connectivity index (χ2n) is 6.31. The Morgan fingerprint density at radius 2 is 1.74 bits per heavy atom. The maximum Gasteiger partial charge on any atom is 0.573 e. The first kappa shape index (κ1) is 19.0. The van der Waals surface area contributed by atoms with E-state index in [0.717, 1.165) is 37.8 Å². The van der Waals surface area contributed by atoms with E-state index in [1.807, 2.05) is 12.1 Å². The van der Waals surface area contributed by atoms with E-state index >= 15 is 0 Å². The molecule has 27 heavy (non-hydrogen) atoms. The fraction of sp³-hybridized carbons (Fsp3) is 0.368. The van der Waals surface area contributed by atoms with E-state index in [-0.39, 0.29) is 29.4 Å². The lowest BCUT2D eigenvalue weighted by Crippen LogP contribution is -2.39. The molecule has 8 heteroatoms. The molecule has 1 N–H and O–H groups in total. The molecule has 1 fully saturated rings. The van der Waals surface area contributed by atoms with Crippen molar-refractivity contribution in [3.05, 3.63) is 54.2 Å². The lowest BCUT2D eigenvalue weighted by Gasteiger charge is -2.29. The predicted molar refractivity (Wildman–Crippen MR) is 91.5 cm³/mol. The van der Waals surface area contributed by atoms with Crippen molar-refractivity contribution in [2.45, 2.75) is 44.2 Å². The molecule has 0 bridgehead atoms. The summed E-state index contributed by atoms with van der Waals surface area (Å²) < 4.78 is 46.1. The van der Waals surface area contributed by atoms with Gasteiger partial charge in [0, 0.05) is 23.9 Å². The van der Waals surface area contributed by atoms with Crippen LogP contribution in [0.2, 0.25) is 0 Å². The highest BCUT2D eigenvalue weighted by Crippen LogP contribution is 2.24. The number of rotatable bonds is 5. The van der Waals surface area contributed by atoms with Crippen molar-refractivity contribution in [1.82, 2.24) is 10.3 Å². The largest absolute Gasteiger partial charge is 0.573 e. The Balaban J connectivity index is 1.46. The van der Waals surface area contributed by atoms with Crippen LogP contribution in [0.25, 0.3) is 0 Å². The third-order valence-electron chi connectivity index (χ3n) is 4.28. The van der Waals surface area contributed by atoms with Crippen molar-refractivity contribution >= 4 is 5.91 Å². The van der Waals surface area contributed by atoms with E-state index in [1.165, 1.54) is 12.1 Å². The summed E-state index contributed by atoms with van der Waals surface area (Å²) >= 11 is 0. The Morgan fingerprint density at radius 3 is 2.33 bits per heavy atom. The van der Waals surface area contributed by atoms with Gasteiger partial charge in [-0.3, -0.25) is 4.79 Å². The molecule has 0 atom stereocenters. The van der Waals surface area contributed by atoms with Gasteiger partial charge in [-0.05, 0) is 56.0 Å². The van der Waals surface area contributed by atoms with Crippen LogP contribution >= 0.6 is 0 Å². The molecule has 0 spiro atoms. The van der Waals surface area contributed by atoms with Crippen molar-refractivity contribution in [1.29, 1.82) is 0 Å². The van der Waals surface area contributed by atoms with Gasteiger partial charge in [0.05, 0.1) is 0 Å². The highest BCUT2D eigenvalue weighted by Gasteiger charge is 2.31. The van der Waals surface area contributed by atoms with Gasteiger partial charge in [-0.15, -0.1) is 13.2 Å². The van der Waals surface area contributed by atoms with Crippen LogP contribution in [-0.2, 0) is 0 Å². The molecule has 1 heterocycles. The van der Waals surface area contributed by atoms with Crippen LogP contribution in [0.4, 0.5) is 13.2 Å². The fourth-order valence-corrected chi connectivity index (χ4v) is 2.99. The third kappa shape index (κ3) is 5.87. The molecule has 1 amide bonds. The molecule has 1 aromatic carbocycles. The number of carbonyl (C=O) groups is 1. The Morgan fingerprint density at radius 1 is 1.04 bits per heavy atom. The quantitative estimate of drug-likeness (QED) is 0.848. The first-order chi connectivity index (χ1) is 12.9. The van der Waals surface area contributed by atoms with Crippen LogP contribution in [0.5, 0.6) is 11.6 Å². The summed E-state index contributed by atoms with van der Waals surface area (Å²) in [5.41, 5.74) is 0.288. The highest BCUT2D eigenvalue weighted by molar-refractivity contribution is 5.94. The zero-order valence-corrected chi connectivity index (χ0v) is 14.4. The van der Waals surface area contributed by atoms with Crippen molar-refractivity contribution in [2.24, 2.45) is 0 Å². The monoisotopic (exact) mass is 380 g/mol. The average molecular weight is 380 g/mol. The molecule has 0 radical (unpaired) electrons. The molecule has 1 aliphatic carbocycles. The summed E-state index contributed by atoms with van der Waals surface area (Å²) in [4.78, 5) is 16.4. The second-order valence-corrected chi connectivity index (χ2v) is 6.31. The number of alkyl halides is 3. The minimum Gasteiger partial charge on any atom is -0.474 e. The molecular formula is C19H19F3N2O3. The number of halogens is 3. The van der Waals surface area contributed by atoms with E-state index in [0.29, 0.717) is 5.88 Å². The number of hydrogen-bond donors (Lipinski definition) is 1. The lowest BCUT2D eigenvalue weighted by molar-refractivity contribution is -0.274. The van der Waals surface area contributed by atoms with E-state index < -0.39 is 6.36 Å². The smallest absolute Gasteiger partial charge is 0.474 e. The molecule has 1 aliphatic rings. The minimum atomic E-state index is -4.75. The standard InChI is InChI=1S/C19H19F3N2O3/c20-19(21,22)27-16-8-4-13(5-9-16)18(25)24-14-6-10-15(11-7-14)26-17-3-1-2-12-23-17/h1-5,8-9,12,14-15H,6-7,10-11H2,(H,24,25). The molecule has 2 aromatic rings. The zero-order chi connectivity index (χ0) is 19.3. The number of hydrogen-bond acceptors (Lipinski definition) is 4. The predicted octanol–water partition coefficient (Wildman–Crippen LogP) is 4.10. The van der Waals surface area contributed by atoms with E-state index in [9.17, 15) is 18.0 Å². The molecule has 1 saturated carbocycles. The van der Waals surface area contributed by atoms with Crippen LogP contribution < -0.4 is 14.8 Å². The zero-order valence-electron chi connectivity index (χ0n) is 14.4. The van der Waals surface area contributed by atoms with Crippen LogP contribution in [-0.4, -0.2) is 29.4 Å². The Bertz CT molecular complexity index is 743. The number of aromatic nitrogens is 1. The van der Waals surface area contributed by atoms with Crippen LogP contribution in [0.3, 0.4) is 0 Å². The molecule has 0 unspecified atom stereocenters. The summed E-state index contributed by atoms with van der Waals surface area (Å²) in [7, 11) is 0. The van der Waals surface area contributed by atoms with Gasteiger partial charge in [0.2, 0.25) is 5.88 Å². The van der Waals surface area contributed by atoms with E-state index in [4.69, 9.17) is 4.74 Å². The number of benzene rings is 1. The van der Waals surface area contributed by atoms with Crippen LogP contribution in [0.15, 0.2) is 48.7 Å². The normalized spacial score (nSPS) is 20.0. The lowest BCUT2D eigenvalue weighted by atomic mass is 9.92. The molecule has 1 aromatic heterocycles. The average Bonchev–Trinajstić information content (AvgIpc) is 2.63. The number of carbonyl (C=O) groups excluding carboxylic acids is 1. The number of amides is 1. The van der Waals surface area contributed by atoms with Crippen molar-refractivity contribution < 1.29 is 27.4 Å². The number of pyridine rings is 1. The van der Waals surface area contributed by atoms with Gasteiger partial charge in [0.15, 0.2) is 0 Å². The van der Waals surface area contributed by atoms with Crippen molar-refractivity contribution in [3.63, 3.8) is 0 Å². The first-order valence-electron chi connectivity index (χ1n) is 8.63. The molecule has 144 valence electrons. The van der Waals surface area contributed by atoms with Crippen LogP contribution in [0.1, 0.15) is 36.0 Å². The van der Waals surface area contributed by atoms with Gasteiger partial charge in [-0.2, -0.15) is 0 Å². The van der Waals surface area contributed by atoms with Gasteiger partial charge in [0.25, 0.3) is 5.91 Å². The first-order valence-corrected chi connectivity index (χ1v) is 8.63.